The van der Waals surface area contributed by atoms with Crippen LogP contribution in [0.3, 0.4) is 0 Å². The number of rotatable bonds is 6. The molecule has 0 aromatic carbocycles. The molecule has 8 nitrogen and oxygen atoms in total. The molecule has 29 heavy (non-hydrogen) atoms. The highest BCUT2D eigenvalue weighted by Gasteiger charge is 2.28. The van der Waals surface area contributed by atoms with E-state index in [0.717, 1.165) is 41.3 Å². The average molecular weight is 414 g/mol. The average Bonchev–Trinajstić information content (AvgIpc) is 3.42. The molecule has 1 fully saturated rings. The van der Waals surface area contributed by atoms with Crippen molar-refractivity contribution in [1.29, 1.82) is 0 Å². The van der Waals surface area contributed by atoms with Gasteiger partial charge in [-0.15, -0.1) is 11.3 Å². The molecule has 0 bridgehead atoms. The van der Waals surface area contributed by atoms with Gasteiger partial charge in [-0.25, -0.2) is 4.98 Å². The number of carbonyl (C=O) groups excluding carboxylic acids is 1. The van der Waals surface area contributed by atoms with E-state index in [1.165, 1.54) is 17.6 Å². The van der Waals surface area contributed by atoms with Crippen molar-refractivity contribution in [3.8, 4) is 11.3 Å². The molecule has 1 aliphatic rings. The Morgan fingerprint density at radius 1 is 1.41 bits per heavy atom. The summed E-state index contributed by atoms with van der Waals surface area (Å²) in [6.07, 6.45) is 4.97. The standard InChI is InChI=1S/C20H23N5O3S/c1-13-4-5-14(7-21-13)17-12-29-18(24-17)8-22-19(27)15-3-2-6-25(9-15)20-23-16(10-26)11-28-20/h4-5,7,11-12,15,26H,2-3,6,8-10H2,1H3,(H,22,27)/t15-/m0/s1. The SMILES string of the molecule is Cc1ccc(-c2csc(CNC(=O)[C@H]3CCCN(c4nc(CO)co4)C3)n2)cn1. The summed E-state index contributed by atoms with van der Waals surface area (Å²) in [7, 11) is 0. The summed E-state index contributed by atoms with van der Waals surface area (Å²) in [6.45, 7) is 3.54. The van der Waals surface area contributed by atoms with Gasteiger partial charge in [0.25, 0.3) is 6.01 Å². The highest BCUT2D eigenvalue weighted by molar-refractivity contribution is 7.09. The van der Waals surface area contributed by atoms with Gasteiger partial charge in [-0.3, -0.25) is 9.78 Å². The Bertz CT molecular complexity index is 969. The molecule has 152 valence electrons. The van der Waals surface area contributed by atoms with E-state index in [2.05, 4.69) is 20.3 Å². The Morgan fingerprint density at radius 2 is 2.31 bits per heavy atom. The van der Waals surface area contributed by atoms with E-state index < -0.39 is 0 Å². The van der Waals surface area contributed by atoms with Crippen LogP contribution in [-0.2, 0) is 17.9 Å². The largest absolute Gasteiger partial charge is 0.432 e. The number of hydrogen-bond donors (Lipinski definition) is 2. The number of aromatic nitrogens is 3. The molecule has 1 saturated heterocycles. The van der Waals surface area contributed by atoms with Crippen molar-refractivity contribution in [1.82, 2.24) is 20.3 Å². The van der Waals surface area contributed by atoms with Crippen molar-refractivity contribution in [2.45, 2.75) is 32.9 Å². The number of aliphatic hydroxyl groups excluding tert-OH is 1. The van der Waals surface area contributed by atoms with Crippen LogP contribution in [0.25, 0.3) is 11.3 Å². The Morgan fingerprint density at radius 3 is 3.07 bits per heavy atom. The third-order valence-corrected chi connectivity index (χ3v) is 5.79. The third kappa shape index (κ3) is 4.63. The van der Waals surface area contributed by atoms with E-state index in [1.54, 1.807) is 0 Å². The van der Waals surface area contributed by atoms with Crippen LogP contribution >= 0.6 is 11.3 Å². The van der Waals surface area contributed by atoms with Crippen LogP contribution in [0.2, 0.25) is 0 Å². The highest BCUT2D eigenvalue weighted by atomic mass is 32.1. The van der Waals surface area contributed by atoms with Gasteiger partial charge in [-0.05, 0) is 31.9 Å². The molecule has 2 N–H and O–H groups in total. The molecule has 4 rings (SSSR count). The maximum atomic E-state index is 12.7. The van der Waals surface area contributed by atoms with Crippen molar-refractivity contribution >= 4 is 23.3 Å². The second-order valence-electron chi connectivity index (χ2n) is 7.10. The maximum Gasteiger partial charge on any atom is 0.297 e. The van der Waals surface area contributed by atoms with Gasteiger partial charge in [0.1, 0.15) is 17.0 Å². The lowest BCUT2D eigenvalue weighted by atomic mass is 9.97. The first-order valence-corrected chi connectivity index (χ1v) is 10.5. The van der Waals surface area contributed by atoms with Crippen LogP contribution in [0.4, 0.5) is 6.01 Å². The molecule has 0 aliphatic carbocycles. The number of oxazole rings is 1. The Balaban J connectivity index is 1.33. The van der Waals surface area contributed by atoms with Gasteiger partial charge in [-0.1, -0.05) is 0 Å². The summed E-state index contributed by atoms with van der Waals surface area (Å²) in [4.78, 5) is 27.8. The Hall–Kier alpha value is -2.78. The first kappa shape index (κ1) is 19.5. The molecule has 3 aromatic rings. The minimum absolute atomic E-state index is 0.0115. The summed E-state index contributed by atoms with van der Waals surface area (Å²) in [5.41, 5.74) is 3.31. The van der Waals surface area contributed by atoms with Gasteiger partial charge in [0.05, 0.1) is 24.8 Å². The third-order valence-electron chi connectivity index (χ3n) is 4.94. The Kier molecular flexibility index (Phi) is 5.86. The van der Waals surface area contributed by atoms with Gasteiger partial charge < -0.3 is 19.7 Å². The fourth-order valence-electron chi connectivity index (χ4n) is 3.33. The van der Waals surface area contributed by atoms with E-state index >= 15 is 0 Å². The summed E-state index contributed by atoms with van der Waals surface area (Å²) < 4.78 is 5.41. The molecule has 9 heteroatoms. The zero-order chi connectivity index (χ0) is 20.2. The second kappa shape index (κ2) is 8.71. The zero-order valence-electron chi connectivity index (χ0n) is 16.2. The first-order chi connectivity index (χ1) is 14.1. The van der Waals surface area contributed by atoms with Crippen molar-refractivity contribution in [2.75, 3.05) is 18.0 Å². The lowest BCUT2D eigenvalue weighted by Crippen LogP contribution is -2.43. The molecule has 1 atom stereocenters. The van der Waals surface area contributed by atoms with Crippen LogP contribution < -0.4 is 10.2 Å². The lowest BCUT2D eigenvalue weighted by Gasteiger charge is -2.30. The van der Waals surface area contributed by atoms with Crippen LogP contribution in [0.5, 0.6) is 0 Å². The fourth-order valence-corrected chi connectivity index (χ4v) is 4.07. The minimum Gasteiger partial charge on any atom is -0.432 e. The number of carbonyl (C=O) groups is 1. The summed E-state index contributed by atoms with van der Waals surface area (Å²) in [5.74, 6) is -0.119. The molecular formula is C20H23N5O3S. The number of aliphatic hydroxyl groups is 1. The molecule has 3 aromatic heterocycles. The number of pyridine rings is 1. The number of anilines is 1. The first-order valence-electron chi connectivity index (χ1n) is 9.57. The predicted octanol–water partition coefficient (Wildman–Crippen LogP) is 2.53. The van der Waals surface area contributed by atoms with E-state index in [9.17, 15) is 4.79 Å². The lowest BCUT2D eigenvalue weighted by molar-refractivity contribution is -0.125. The van der Waals surface area contributed by atoms with Crippen LogP contribution in [-0.4, -0.2) is 39.1 Å². The van der Waals surface area contributed by atoms with Crippen molar-refractivity contribution in [3.05, 3.63) is 46.4 Å². The van der Waals surface area contributed by atoms with E-state index in [4.69, 9.17) is 9.52 Å². The normalized spacial score (nSPS) is 16.8. The molecule has 0 saturated carbocycles. The quantitative estimate of drug-likeness (QED) is 0.640. The predicted molar refractivity (Wildman–Crippen MR) is 109 cm³/mol. The van der Waals surface area contributed by atoms with Crippen molar-refractivity contribution in [2.24, 2.45) is 5.92 Å². The van der Waals surface area contributed by atoms with Gasteiger partial charge in [0, 0.05) is 35.9 Å². The summed E-state index contributed by atoms with van der Waals surface area (Å²) in [6, 6.07) is 4.42. The number of thiazole rings is 1. The van der Waals surface area contributed by atoms with E-state index in [-0.39, 0.29) is 18.4 Å². The smallest absolute Gasteiger partial charge is 0.297 e. The van der Waals surface area contributed by atoms with Crippen molar-refractivity contribution in [3.63, 3.8) is 0 Å². The summed E-state index contributed by atoms with van der Waals surface area (Å²) >= 11 is 1.53. The van der Waals surface area contributed by atoms with Gasteiger partial charge in [-0.2, -0.15) is 4.98 Å². The fraction of sp³-hybridized carbons (Fsp3) is 0.400. The number of piperidine rings is 1. The zero-order valence-corrected chi connectivity index (χ0v) is 17.0. The molecule has 1 aliphatic heterocycles. The number of hydrogen-bond acceptors (Lipinski definition) is 8. The molecule has 4 heterocycles. The number of nitrogens with zero attached hydrogens (tertiary/aromatic N) is 4. The van der Waals surface area contributed by atoms with Gasteiger partial charge in [0.2, 0.25) is 5.91 Å². The molecule has 0 unspecified atom stereocenters. The minimum atomic E-state index is -0.157. The van der Waals surface area contributed by atoms with Crippen LogP contribution in [0.1, 0.15) is 29.2 Å². The molecule has 1 amide bonds. The summed E-state index contributed by atoms with van der Waals surface area (Å²) in [5, 5.41) is 15.0. The molecule has 0 spiro atoms. The second-order valence-corrected chi connectivity index (χ2v) is 8.04. The van der Waals surface area contributed by atoms with E-state index in [1.807, 2.05) is 35.5 Å². The van der Waals surface area contributed by atoms with Crippen LogP contribution in [0.15, 0.2) is 34.4 Å². The Labute approximate surface area is 172 Å². The molecule has 0 radical (unpaired) electrons. The van der Waals surface area contributed by atoms with E-state index in [0.29, 0.717) is 24.8 Å². The maximum absolute atomic E-state index is 12.7. The van der Waals surface area contributed by atoms with Crippen molar-refractivity contribution < 1.29 is 14.3 Å². The monoisotopic (exact) mass is 413 g/mol. The molecular weight excluding hydrogens is 390 g/mol. The van der Waals surface area contributed by atoms with Crippen LogP contribution in [0, 0.1) is 12.8 Å². The van der Waals surface area contributed by atoms with Gasteiger partial charge >= 0.3 is 0 Å². The number of nitrogens with one attached hydrogen (secondary N) is 1. The number of aryl methyl sites for hydroxylation is 1. The van der Waals surface area contributed by atoms with Gasteiger partial charge in [0.15, 0.2) is 0 Å². The highest BCUT2D eigenvalue weighted by Crippen LogP contribution is 2.24. The topological polar surface area (TPSA) is 104 Å². The number of amides is 1.